The van der Waals surface area contributed by atoms with Gasteiger partial charge in [-0.3, -0.25) is 9.59 Å². The van der Waals surface area contributed by atoms with Gasteiger partial charge in [-0.25, -0.2) is 9.82 Å². The lowest BCUT2D eigenvalue weighted by molar-refractivity contribution is -0.136. The van der Waals surface area contributed by atoms with Crippen LogP contribution in [0.4, 0.5) is 10.1 Å². The molecular formula is C27H23FN4O3. The van der Waals surface area contributed by atoms with Gasteiger partial charge in [0.15, 0.2) is 0 Å². The smallest absolute Gasteiger partial charge is 0.329 e. The lowest BCUT2D eigenvalue weighted by Crippen LogP contribution is -2.32. The Morgan fingerprint density at radius 3 is 2.23 bits per heavy atom. The molecule has 1 aromatic heterocycles. The highest BCUT2D eigenvalue weighted by molar-refractivity contribution is 6.39. The Labute approximate surface area is 201 Å². The minimum absolute atomic E-state index is 0.310. The second kappa shape index (κ2) is 10.5. The van der Waals surface area contributed by atoms with Crippen molar-refractivity contribution < 1.29 is 18.7 Å². The molecule has 2 N–H and O–H groups in total. The van der Waals surface area contributed by atoms with Crippen molar-refractivity contribution >= 4 is 23.7 Å². The summed E-state index contributed by atoms with van der Waals surface area (Å²) in [5.41, 5.74) is 6.01. The molecule has 176 valence electrons. The summed E-state index contributed by atoms with van der Waals surface area (Å²) in [6.07, 6.45) is 1.46. The molecule has 35 heavy (non-hydrogen) atoms. The molecule has 8 heteroatoms. The van der Waals surface area contributed by atoms with Crippen LogP contribution < -0.4 is 15.5 Å². The van der Waals surface area contributed by atoms with E-state index in [1.807, 2.05) is 54.8 Å². The fourth-order valence-corrected chi connectivity index (χ4v) is 3.54. The Hall–Kier alpha value is -4.72. The minimum atomic E-state index is -0.904. The third-order valence-corrected chi connectivity index (χ3v) is 5.22. The third kappa shape index (κ3) is 5.80. The molecule has 0 aliphatic rings. The first kappa shape index (κ1) is 23.4. The van der Waals surface area contributed by atoms with Gasteiger partial charge in [0.25, 0.3) is 0 Å². The number of carbonyl (C=O) groups is 2. The van der Waals surface area contributed by atoms with Gasteiger partial charge in [0.1, 0.15) is 17.3 Å². The quantitative estimate of drug-likeness (QED) is 0.233. The fourth-order valence-electron chi connectivity index (χ4n) is 3.54. The summed E-state index contributed by atoms with van der Waals surface area (Å²) >= 11 is 0. The maximum Gasteiger partial charge on any atom is 0.329 e. The highest BCUT2D eigenvalue weighted by Gasteiger charge is 2.14. The number of aromatic nitrogens is 1. The Kier molecular flexibility index (Phi) is 7.02. The van der Waals surface area contributed by atoms with Crippen molar-refractivity contribution in [2.45, 2.75) is 13.8 Å². The van der Waals surface area contributed by atoms with E-state index in [0.29, 0.717) is 17.2 Å². The molecule has 0 aliphatic heterocycles. The van der Waals surface area contributed by atoms with Crippen LogP contribution in [0.25, 0.3) is 5.69 Å². The molecule has 2 amide bonds. The maximum absolute atomic E-state index is 13.2. The van der Waals surface area contributed by atoms with Gasteiger partial charge in [0.05, 0.1) is 6.21 Å². The van der Waals surface area contributed by atoms with Crippen LogP contribution in [0.15, 0.2) is 90.0 Å². The van der Waals surface area contributed by atoms with Crippen molar-refractivity contribution in [3.8, 4) is 17.2 Å². The molecule has 0 radical (unpaired) electrons. The lowest BCUT2D eigenvalue weighted by Gasteiger charge is -2.09. The summed E-state index contributed by atoms with van der Waals surface area (Å²) in [5.74, 6) is -0.772. The molecule has 0 spiro atoms. The van der Waals surface area contributed by atoms with Gasteiger partial charge in [-0.1, -0.05) is 18.2 Å². The van der Waals surface area contributed by atoms with Gasteiger partial charge in [-0.2, -0.15) is 5.10 Å². The topological polar surface area (TPSA) is 84.7 Å². The van der Waals surface area contributed by atoms with E-state index in [1.54, 1.807) is 36.4 Å². The van der Waals surface area contributed by atoms with Gasteiger partial charge >= 0.3 is 11.8 Å². The van der Waals surface area contributed by atoms with E-state index in [-0.39, 0.29) is 5.82 Å². The molecule has 0 unspecified atom stereocenters. The van der Waals surface area contributed by atoms with Crippen LogP contribution in [0.3, 0.4) is 0 Å². The molecule has 3 aromatic carbocycles. The van der Waals surface area contributed by atoms with Gasteiger partial charge in [-0.05, 0) is 80.6 Å². The molecule has 0 aliphatic carbocycles. The zero-order valence-corrected chi connectivity index (χ0v) is 19.2. The summed E-state index contributed by atoms with van der Waals surface area (Å²) in [4.78, 5) is 24.4. The van der Waals surface area contributed by atoms with E-state index in [4.69, 9.17) is 4.74 Å². The predicted octanol–water partition coefficient (Wildman–Crippen LogP) is 5.11. The minimum Gasteiger partial charge on any atom is -0.457 e. The first-order valence-electron chi connectivity index (χ1n) is 10.8. The highest BCUT2D eigenvalue weighted by Crippen LogP contribution is 2.23. The Morgan fingerprint density at radius 2 is 1.54 bits per heavy atom. The van der Waals surface area contributed by atoms with Gasteiger partial charge < -0.3 is 14.6 Å². The number of halogens is 1. The molecule has 0 fully saturated rings. The van der Waals surface area contributed by atoms with Gasteiger partial charge in [0.2, 0.25) is 0 Å². The first-order valence-corrected chi connectivity index (χ1v) is 10.8. The number of hydrogen-bond donors (Lipinski definition) is 2. The Balaban J connectivity index is 1.34. The molecule has 0 saturated carbocycles. The Morgan fingerprint density at radius 1 is 0.886 bits per heavy atom. The van der Waals surface area contributed by atoms with E-state index in [2.05, 4.69) is 15.8 Å². The zero-order chi connectivity index (χ0) is 24.8. The van der Waals surface area contributed by atoms with Crippen LogP contribution >= 0.6 is 0 Å². The number of para-hydroxylation sites is 1. The van der Waals surface area contributed by atoms with Crippen LogP contribution in [0.1, 0.15) is 17.0 Å². The van der Waals surface area contributed by atoms with E-state index in [0.717, 1.165) is 22.6 Å². The van der Waals surface area contributed by atoms with Crippen LogP contribution in [-0.4, -0.2) is 22.6 Å². The van der Waals surface area contributed by atoms with Crippen molar-refractivity contribution in [3.63, 3.8) is 0 Å². The molecule has 7 nitrogen and oxygen atoms in total. The molecule has 0 saturated heterocycles. The second-order valence-electron chi connectivity index (χ2n) is 7.73. The summed E-state index contributed by atoms with van der Waals surface area (Å²) < 4.78 is 20.9. The third-order valence-electron chi connectivity index (χ3n) is 5.22. The molecule has 0 atom stereocenters. The number of aryl methyl sites for hydroxylation is 1. The predicted molar refractivity (Wildman–Crippen MR) is 133 cm³/mol. The summed E-state index contributed by atoms with van der Waals surface area (Å²) in [6, 6.07) is 24.0. The van der Waals surface area contributed by atoms with E-state index >= 15 is 0 Å². The maximum atomic E-state index is 13.2. The molecule has 4 aromatic rings. The van der Waals surface area contributed by atoms with Crippen LogP contribution in [0, 0.1) is 19.7 Å². The number of carbonyl (C=O) groups excluding carboxylic acids is 2. The average molecular weight is 471 g/mol. The lowest BCUT2D eigenvalue weighted by atomic mass is 10.2. The number of ether oxygens (including phenoxy) is 1. The van der Waals surface area contributed by atoms with E-state index in [1.165, 1.54) is 18.3 Å². The number of hydrogen-bond acceptors (Lipinski definition) is 4. The van der Waals surface area contributed by atoms with Gasteiger partial charge in [-0.15, -0.1) is 0 Å². The number of hydrazone groups is 1. The number of anilines is 1. The average Bonchev–Trinajstić information content (AvgIpc) is 3.14. The zero-order valence-electron chi connectivity index (χ0n) is 19.2. The molecule has 0 bridgehead atoms. The fraction of sp³-hybridized carbons (Fsp3) is 0.0741. The molecule has 1 heterocycles. The summed E-state index contributed by atoms with van der Waals surface area (Å²) in [6.45, 7) is 3.80. The van der Waals surface area contributed by atoms with Crippen LogP contribution in [0.5, 0.6) is 11.5 Å². The van der Waals surface area contributed by atoms with Crippen molar-refractivity contribution in [2.24, 2.45) is 5.10 Å². The Bertz CT molecular complexity index is 1360. The second-order valence-corrected chi connectivity index (χ2v) is 7.73. The number of nitrogens with zero attached hydrogens (tertiary/aromatic N) is 2. The number of nitrogens with one attached hydrogen (secondary N) is 2. The number of benzene rings is 3. The van der Waals surface area contributed by atoms with Crippen molar-refractivity contribution in [2.75, 3.05) is 5.32 Å². The summed E-state index contributed by atoms with van der Waals surface area (Å²) in [5, 5.41) is 6.43. The first-order chi connectivity index (χ1) is 16.9. The number of amides is 2. The van der Waals surface area contributed by atoms with Crippen molar-refractivity contribution in [1.29, 1.82) is 0 Å². The monoisotopic (exact) mass is 470 g/mol. The largest absolute Gasteiger partial charge is 0.457 e. The molecular weight excluding hydrogens is 447 g/mol. The van der Waals surface area contributed by atoms with E-state index < -0.39 is 11.8 Å². The summed E-state index contributed by atoms with van der Waals surface area (Å²) in [7, 11) is 0. The SMILES string of the molecule is Cc1cc(/C=N\NC(=O)C(=O)Nc2ccc(Oc3ccccc3)cc2)c(C)n1-c1ccc(F)cc1. The normalized spacial score (nSPS) is 10.8. The van der Waals surface area contributed by atoms with Crippen LogP contribution in [0.2, 0.25) is 0 Å². The standard InChI is InChI=1S/C27H23FN4O3/c1-18-16-20(19(2)32(18)23-12-8-21(28)9-13-23)17-29-31-27(34)26(33)30-22-10-14-25(15-11-22)35-24-6-4-3-5-7-24/h3-17H,1-2H3,(H,30,33)(H,31,34)/b29-17-. The van der Waals surface area contributed by atoms with Crippen molar-refractivity contribution in [1.82, 2.24) is 9.99 Å². The van der Waals surface area contributed by atoms with Gasteiger partial charge in [0, 0.05) is 28.3 Å². The highest BCUT2D eigenvalue weighted by atomic mass is 19.1. The van der Waals surface area contributed by atoms with E-state index in [9.17, 15) is 14.0 Å². The van der Waals surface area contributed by atoms with Crippen LogP contribution in [-0.2, 0) is 9.59 Å². The molecule has 4 rings (SSSR count). The van der Waals surface area contributed by atoms with Crippen molar-refractivity contribution in [3.05, 3.63) is 108 Å². The number of rotatable bonds is 6.